The van der Waals surface area contributed by atoms with Gasteiger partial charge in [-0.3, -0.25) is 4.68 Å². The van der Waals surface area contributed by atoms with Crippen LogP contribution in [0.4, 0.5) is 5.82 Å². The number of hydrogen-bond acceptors (Lipinski definition) is 5. The Morgan fingerprint density at radius 2 is 1.89 bits per heavy atom. The lowest BCUT2D eigenvalue weighted by Gasteiger charge is -2.34. The first kappa shape index (κ1) is 17.2. The number of nitrogens with zero attached hydrogens (tertiary/aromatic N) is 5. The molecule has 0 radical (unpaired) electrons. The van der Waals surface area contributed by atoms with Crippen LogP contribution in [0.1, 0.15) is 43.3 Å². The maximum Gasteiger partial charge on any atom is 0.129 e. The molecule has 3 heterocycles. The molecule has 0 amide bonds. The fourth-order valence-electron chi connectivity index (χ4n) is 4.34. The molecule has 0 spiro atoms. The molecule has 3 aliphatic rings. The van der Waals surface area contributed by atoms with Gasteiger partial charge in [0.15, 0.2) is 0 Å². The predicted octanol–water partition coefficient (Wildman–Crippen LogP) is 2.48. The zero-order valence-corrected chi connectivity index (χ0v) is 16.2. The van der Waals surface area contributed by atoms with Crippen molar-refractivity contribution >= 4 is 5.82 Å². The van der Waals surface area contributed by atoms with Crippen LogP contribution in [0.3, 0.4) is 0 Å². The summed E-state index contributed by atoms with van der Waals surface area (Å²) in [6, 6.07) is 6.97. The molecular formula is C21H30N6. The molecule has 27 heavy (non-hydrogen) atoms. The van der Waals surface area contributed by atoms with Gasteiger partial charge in [0.25, 0.3) is 0 Å². The Labute approximate surface area is 161 Å². The van der Waals surface area contributed by atoms with Crippen molar-refractivity contribution in [3.63, 3.8) is 0 Å². The zero-order chi connectivity index (χ0) is 18.4. The maximum absolute atomic E-state index is 5.81. The number of likely N-dealkylation sites (N-methyl/N-ethyl adjacent to an activating group) is 1. The SMILES string of the molecule is CN1CCN(c2cccc(-c3cn(C4CC(CN)C4)nc3C3CC3)n2)CC1. The van der Waals surface area contributed by atoms with Crippen molar-refractivity contribution in [1.29, 1.82) is 0 Å². The van der Waals surface area contributed by atoms with E-state index in [1.807, 2.05) is 0 Å². The number of hydrogen-bond donors (Lipinski definition) is 1. The van der Waals surface area contributed by atoms with Crippen LogP contribution in [0.25, 0.3) is 11.3 Å². The number of aromatic nitrogens is 3. The second kappa shape index (κ2) is 6.91. The molecule has 2 N–H and O–H groups in total. The topological polar surface area (TPSA) is 63.2 Å². The van der Waals surface area contributed by atoms with Gasteiger partial charge in [-0.15, -0.1) is 0 Å². The van der Waals surface area contributed by atoms with Gasteiger partial charge < -0.3 is 15.5 Å². The van der Waals surface area contributed by atoms with Crippen LogP contribution in [-0.2, 0) is 0 Å². The average molecular weight is 367 g/mol. The summed E-state index contributed by atoms with van der Waals surface area (Å²) in [5, 5.41) is 5.01. The first-order valence-corrected chi connectivity index (χ1v) is 10.4. The van der Waals surface area contributed by atoms with Crippen LogP contribution in [0, 0.1) is 5.92 Å². The molecule has 0 bridgehead atoms. The molecule has 5 rings (SSSR count). The number of pyridine rings is 1. The number of anilines is 1. The van der Waals surface area contributed by atoms with Gasteiger partial charge in [-0.1, -0.05) is 6.07 Å². The van der Waals surface area contributed by atoms with E-state index >= 15 is 0 Å². The molecular weight excluding hydrogens is 336 g/mol. The standard InChI is InChI=1S/C21H30N6/c1-25-7-9-26(10-8-25)20-4-2-3-19(23-20)18-14-27(17-11-15(12-17)13-22)24-21(18)16-5-6-16/h2-4,14-17H,5-13,22H2,1H3. The van der Waals surface area contributed by atoms with Gasteiger partial charge in [0.05, 0.1) is 17.4 Å². The van der Waals surface area contributed by atoms with Crippen LogP contribution in [0.2, 0.25) is 0 Å². The Morgan fingerprint density at radius 3 is 2.59 bits per heavy atom. The van der Waals surface area contributed by atoms with E-state index in [0.717, 1.165) is 57.1 Å². The molecule has 0 unspecified atom stereocenters. The summed E-state index contributed by atoms with van der Waals surface area (Å²) in [6.45, 7) is 5.09. The zero-order valence-electron chi connectivity index (χ0n) is 16.2. The summed E-state index contributed by atoms with van der Waals surface area (Å²) >= 11 is 0. The Balaban J connectivity index is 1.42. The van der Waals surface area contributed by atoms with E-state index in [2.05, 4.69) is 45.9 Å². The lowest BCUT2D eigenvalue weighted by molar-refractivity contribution is 0.189. The third kappa shape index (κ3) is 3.36. The Morgan fingerprint density at radius 1 is 1.11 bits per heavy atom. The molecule has 2 aromatic rings. The van der Waals surface area contributed by atoms with Crippen molar-refractivity contribution < 1.29 is 0 Å². The Kier molecular flexibility index (Phi) is 4.40. The molecule has 144 valence electrons. The van der Waals surface area contributed by atoms with Crippen molar-refractivity contribution in [3.8, 4) is 11.3 Å². The Bertz CT molecular complexity index is 797. The highest BCUT2D eigenvalue weighted by molar-refractivity contribution is 5.65. The van der Waals surface area contributed by atoms with Crippen molar-refractivity contribution in [2.75, 3.05) is 44.7 Å². The fraction of sp³-hybridized carbons (Fsp3) is 0.619. The van der Waals surface area contributed by atoms with E-state index in [1.165, 1.54) is 24.1 Å². The first-order valence-electron chi connectivity index (χ1n) is 10.4. The molecule has 6 heteroatoms. The maximum atomic E-state index is 5.81. The van der Waals surface area contributed by atoms with Gasteiger partial charge >= 0.3 is 0 Å². The average Bonchev–Trinajstić information content (AvgIpc) is 3.41. The molecule has 2 aliphatic carbocycles. The molecule has 2 saturated carbocycles. The van der Waals surface area contributed by atoms with E-state index in [4.69, 9.17) is 15.8 Å². The van der Waals surface area contributed by atoms with Gasteiger partial charge in [0, 0.05) is 43.9 Å². The monoisotopic (exact) mass is 366 g/mol. The summed E-state index contributed by atoms with van der Waals surface area (Å²) in [6.07, 6.45) is 7.10. The van der Waals surface area contributed by atoms with Gasteiger partial charge in [-0.05, 0) is 57.3 Å². The molecule has 1 aliphatic heterocycles. The minimum absolute atomic E-state index is 0.519. The van der Waals surface area contributed by atoms with Crippen molar-refractivity contribution in [3.05, 3.63) is 30.1 Å². The molecule has 6 nitrogen and oxygen atoms in total. The van der Waals surface area contributed by atoms with Crippen LogP contribution in [0.15, 0.2) is 24.4 Å². The lowest BCUT2D eigenvalue weighted by atomic mass is 9.80. The van der Waals surface area contributed by atoms with E-state index < -0.39 is 0 Å². The van der Waals surface area contributed by atoms with E-state index in [0.29, 0.717) is 17.9 Å². The van der Waals surface area contributed by atoms with Crippen molar-refractivity contribution in [2.45, 2.75) is 37.6 Å². The predicted molar refractivity (Wildman–Crippen MR) is 108 cm³/mol. The largest absolute Gasteiger partial charge is 0.354 e. The van der Waals surface area contributed by atoms with Gasteiger partial charge in [-0.25, -0.2) is 4.98 Å². The summed E-state index contributed by atoms with van der Waals surface area (Å²) in [5.74, 6) is 2.40. The molecule has 1 saturated heterocycles. The molecule has 3 fully saturated rings. The second-order valence-electron chi connectivity index (χ2n) is 8.58. The minimum Gasteiger partial charge on any atom is -0.354 e. The molecule has 0 atom stereocenters. The van der Waals surface area contributed by atoms with Crippen LogP contribution in [-0.4, -0.2) is 59.4 Å². The number of piperazine rings is 1. The second-order valence-corrected chi connectivity index (χ2v) is 8.58. The third-order valence-electron chi connectivity index (χ3n) is 6.48. The van der Waals surface area contributed by atoms with Gasteiger partial charge in [0.2, 0.25) is 0 Å². The highest BCUT2D eigenvalue weighted by atomic mass is 15.3. The Hall–Kier alpha value is -1.92. The lowest BCUT2D eigenvalue weighted by Crippen LogP contribution is -2.44. The van der Waals surface area contributed by atoms with Gasteiger partial charge in [0.1, 0.15) is 5.82 Å². The normalized spacial score (nSPS) is 26.2. The summed E-state index contributed by atoms with van der Waals surface area (Å²) in [7, 11) is 2.19. The summed E-state index contributed by atoms with van der Waals surface area (Å²) in [5.41, 5.74) is 9.38. The number of rotatable bonds is 5. The van der Waals surface area contributed by atoms with Crippen molar-refractivity contribution in [2.24, 2.45) is 11.7 Å². The highest BCUT2D eigenvalue weighted by Gasteiger charge is 2.34. The van der Waals surface area contributed by atoms with E-state index in [1.54, 1.807) is 0 Å². The fourth-order valence-corrected chi connectivity index (χ4v) is 4.34. The van der Waals surface area contributed by atoms with Crippen LogP contribution >= 0.6 is 0 Å². The minimum atomic E-state index is 0.519. The van der Waals surface area contributed by atoms with Crippen LogP contribution < -0.4 is 10.6 Å². The molecule has 2 aromatic heterocycles. The quantitative estimate of drug-likeness (QED) is 0.881. The summed E-state index contributed by atoms with van der Waals surface area (Å²) in [4.78, 5) is 9.83. The van der Waals surface area contributed by atoms with Crippen molar-refractivity contribution in [1.82, 2.24) is 19.7 Å². The van der Waals surface area contributed by atoms with Crippen LogP contribution in [0.5, 0.6) is 0 Å². The van der Waals surface area contributed by atoms with Gasteiger partial charge in [-0.2, -0.15) is 5.10 Å². The number of nitrogens with two attached hydrogens (primary N) is 1. The smallest absolute Gasteiger partial charge is 0.129 e. The third-order valence-corrected chi connectivity index (χ3v) is 6.48. The first-order chi connectivity index (χ1) is 13.2. The van der Waals surface area contributed by atoms with E-state index in [-0.39, 0.29) is 0 Å². The van der Waals surface area contributed by atoms with E-state index in [9.17, 15) is 0 Å². The summed E-state index contributed by atoms with van der Waals surface area (Å²) < 4.78 is 2.21. The highest BCUT2D eigenvalue weighted by Crippen LogP contribution is 2.45. The molecule has 0 aromatic carbocycles.